The molecule has 108 valence electrons. The van der Waals surface area contributed by atoms with Gasteiger partial charge in [-0.05, 0) is 49.4 Å². The van der Waals surface area contributed by atoms with E-state index in [2.05, 4.69) is 5.32 Å². The minimum Gasteiger partial charge on any atom is -0.478 e. The highest BCUT2D eigenvalue weighted by atomic mass is 16.4. The molecule has 1 aromatic rings. The van der Waals surface area contributed by atoms with E-state index in [1.165, 1.54) is 0 Å². The molecule has 0 aromatic heterocycles. The molecule has 2 rings (SSSR count). The Kier molecular flexibility index (Phi) is 4.85. The molecular formula is C14H18N2O4. The van der Waals surface area contributed by atoms with Crippen LogP contribution >= 0.6 is 0 Å². The SMILES string of the molecule is C=O.CC1(NC(N)=O)CCc2cc(C(=O)O)ccc2C1. The van der Waals surface area contributed by atoms with Crippen LogP contribution < -0.4 is 11.1 Å². The third kappa shape index (κ3) is 3.57. The van der Waals surface area contributed by atoms with Gasteiger partial charge in [0.05, 0.1) is 5.56 Å². The molecule has 2 amide bonds. The van der Waals surface area contributed by atoms with Gasteiger partial charge in [-0.2, -0.15) is 0 Å². The Hall–Kier alpha value is -2.37. The normalized spacial score (nSPS) is 20.1. The highest BCUT2D eigenvalue weighted by molar-refractivity contribution is 5.88. The molecule has 0 heterocycles. The molecule has 0 spiro atoms. The molecule has 1 atom stereocenters. The van der Waals surface area contributed by atoms with Gasteiger partial charge in [0.1, 0.15) is 6.79 Å². The third-order valence-electron chi connectivity index (χ3n) is 3.40. The maximum absolute atomic E-state index is 11.0. The van der Waals surface area contributed by atoms with Crippen molar-refractivity contribution in [3.05, 3.63) is 34.9 Å². The van der Waals surface area contributed by atoms with Gasteiger partial charge >= 0.3 is 12.0 Å². The highest BCUT2D eigenvalue weighted by Crippen LogP contribution is 2.29. The highest BCUT2D eigenvalue weighted by Gasteiger charge is 2.31. The van der Waals surface area contributed by atoms with Gasteiger partial charge in [0.15, 0.2) is 0 Å². The van der Waals surface area contributed by atoms with E-state index < -0.39 is 12.0 Å². The minimum absolute atomic E-state index is 0.306. The van der Waals surface area contributed by atoms with E-state index in [0.29, 0.717) is 12.0 Å². The fourth-order valence-electron chi connectivity index (χ4n) is 2.49. The first-order valence-electron chi connectivity index (χ1n) is 6.11. The summed E-state index contributed by atoms with van der Waals surface area (Å²) in [6, 6.07) is 4.60. The van der Waals surface area contributed by atoms with Crippen LogP contribution in [0.1, 0.15) is 34.8 Å². The molecule has 1 aliphatic rings. The molecule has 1 aliphatic carbocycles. The Balaban J connectivity index is 0.000000956. The summed E-state index contributed by atoms with van der Waals surface area (Å²) in [5, 5.41) is 11.7. The zero-order valence-corrected chi connectivity index (χ0v) is 11.3. The minimum atomic E-state index is -0.915. The number of nitrogens with two attached hydrogens (primary N) is 1. The first-order chi connectivity index (χ1) is 9.39. The number of aryl methyl sites for hydroxylation is 1. The number of carboxylic acids is 1. The maximum Gasteiger partial charge on any atom is 0.335 e. The fourth-order valence-corrected chi connectivity index (χ4v) is 2.49. The smallest absolute Gasteiger partial charge is 0.335 e. The fraction of sp³-hybridized carbons (Fsp3) is 0.357. The van der Waals surface area contributed by atoms with Crippen LogP contribution in [0.5, 0.6) is 0 Å². The van der Waals surface area contributed by atoms with Gasteiger partial charge in [0.2, 0.25) is 0 Å². The van der Waals surface area contributed by atoms with Crippen LogP contribution in [-0.4, -0.2) is 29.4 Å². The van der Waals surface area contributed by atoms with Gasteiger partial charge in [-0.15, -0.1) is 0 Å². The Morgan fingerprint density at radius 2 is 2.00 bits per heavy atom. The molecule has 1 aromatic carbocycles. The Morgan fingerprint density at radius 3 is 2.55 bits per heavy atom. The molecule has 0 radical (unpaired) electrons. The number of carboxylic acid groups (broad SMARTS) is 1. The summed E-state index contributed by atoms with van der Waals surface area (Å²) in [7, 11) is 0. The van der Waals surface area contributed by atoms with Crippen molar-refractivity contribution in [1.82, 2.24) is 5.32 Å². The standard InChI is InChI=1S/C13H16N2O3.CH2O/c1-13(15-12(14)18)5-4-8-6-9(11(16)17)2-3-10(8)7-13;1-2/h2-3,6H,4-5,7H2,1H3,(H,16,17)(H3,14,15,18);1H2. The number of hydrogen-bond acceptors (Lipinski definition) is 3. The van der Waals surface area contributed by atoms with E-state index in [1.807, 2.05) is 19.8 Å². The number of amides is 2. The number of benzene rings is 1. The van der Waals surface area contributed by atoms with Gasteiger partial charge in [0, 0.05) is 5.54 Å². The largest absolute Gasteiger partial charge is 0.478 e. The van der Waals surface area contributed by atoms with E-state index in [0.717, 1.165) is 24.0 Å². The Morgan fingerprint density at radius 1 is 1.35 bits per heavy atom. The lowest BCUT2D eigenvalue weighted by atomic mass is 9.79. The number of urea groups is 1. The molecule has 0 saturated heterocycles. The van der Waals surface area contributed by atoms with Crippen molar-refractivity contribution >= 4 is 18.8 Å². The lowest BCUT2D eigenvalue weighted by molar-refractivity contribution is -0.0980. The topological polar surface area (TPSA) is 109 Å². The monoisotopic (exact) mass is 278 g/mol. The van der Waals surface area contributed by atoms with Crippen LogP contribution in [0, 0.1) is 0 Å². The van der Waals surface area contributed by atoms with E-state index in [4.69, 9.17) is 15.6 Å². The molecule has 0 fully saturated rings. The summed E-state index contributed by atoms with van der Waals surface area (Å²) in [6.07, 6.45) is 2.17. The summed E-state index contributed by atoms with van der Waals surface area (Å²) >= 11 is 0. The maximum atomic E-state index is 11.0. The third-order valence-corrected chi connectivity index (χ3v) is 3.40. The Bertz CT molecular complexity index is 530. The number of primary amides is 1. The average Bonchev–Trinajstić information content (AvgIpc) is 2.39. The van der Waals surface area contributed by atoms with Gasteiger partial charge in [-0.1, -0.05) is 6.07 Å². The van der Waals surface area contributed by atoms with Crippen LogP contribution in [0.2, 0.25) is 0 Å². The Labute approximate surface area is 117 Å². The summed E-state index contributed by atoms with van der Waals surface area (Å²) < 4.78 is 0. The van der Waals surface area contributed by atoms with Crippen LogP contribution in [0.25, 0.3) is 0 Å². The van der Waals surface area contributed by atoms with Crippen molar-refractivity contribution < 1.29 is 19.5 Å². The predicted molar refractivity (Wildman–Crippen MR) is 73.7 cm³/mol. The van der Waals surface area contributed by atoms with Gasteiger partial charge in [-0.25, -0.2) is 9.59 Å². The number of carbonyl (C=O) groups excluding carboxylic acids is 2. The molecule has 0 saturated carbocycles. The second-order valence-corrected chi connectivity index (χ2v) is 5.02. The van der Waals surface area contributed by atoms with Crippen LogP contribution in [0.15, 0.2) is 18.2 Å². The number of carbonyl (C=O) groups is 3. The first kappa shape index (κ1) is 15.7. The molecule has 6 heteroatoms. The van der Waals surface area contributed by atoms with Crippen molar-refractivity contribution in [3.63, 3.8) is 0 Å². The second-order valence-electron chi connectivity index (χ2n) is 5.02. The first-order valence-corrected chi connectivity index (χ1v) is 6.11. The van der Waals surface area contributed by atoms with Crippen LogP contribution in [-0.2, 0) is 17.6 Å². The van der Waals surface area contributed by atoms with Gasteiger partial charge < -0.3 is 21.0 Å². The molecule has 20 heavy (non-hydrogen) atoms. The van der Waals surface area contributed by atoms with E-state index >= 15 is 0 Å². The molecule has 0 aliphatic heterocycles. The predicted octanol–water partition coefficient (Wildman–Crippen LogP) is 1.12. The van der Waals surface area contributed by atoms with Crippen molar-refractivity contribution in [2.45, 2.75) is 31.7 Å². The lowest BCUT2D eigenvalue weighted by Gasteiger charge is -2.35. The van der Waals surface area contributed by atoms with Crippen LogP contribution in [0.3, 0.4) is 0 Å². The zero-order chi connectivity index (χ0) is 15.3. The summed E-state index contributed by atoms with van der Waals surface area (Å²) in [5.74, 6) is -0.915. The van der Waals surface area contributed by atoms with E-state index in [-0.39, 0.29) is 5.54 Å². The van der Waals surface area contributed by atoms with Gasteiger partial charge in [-0.3, -0.25) is 0 Å². The van der Waals surface area contributed by atoms with E-state index in [1.54, 1.807) is 12.1 Å². The lowest BCUT2D eigenvalue weighted by Crippen LogP contribution is -2.51. The average molecular weight is 278 g/mol. The van der Waals surface area contributed by atoms with Crippen molar-refractivity contribution in [2.75, 3.05) is 0 Å². The molecule has 1 unspecified atom stereocenters. The number of aromatic carboxylic acids is 1. The molecule has 4 N–H and O–H groups in total. The van der Waals surface area contributed by atoms with Gasteiger partial charge in [0.25, 0.3) is 0 Å². The van der Waals surface area contributed by atoms with Crippen molar-refractivity contribution in [2.24, 2.45) is 5.73 Å². The zero-order valence-electron chi connectivity index (χ0n) is 11.3. The number of fused-ring (bicyclic) bond motifs is 1. The summed E-state index contributed by atoms with van der Waals surface area (Å²) in [6.45, 7) is 3.95. The molecular weight excluding hydrogens is 260 g/mol. The number of rotatable bonds is 2. The van der Waals surface area contributed by atoms with Crippen molar-refractivity contribution in [1.29, 1.82) is 0 Å². The number of hydrogen-bond donors (Lipinski definition) is 3. The van der Waals surface area contributed by atoms with Crippen LogP contribution in [0.4, 0.5) is 4.79 Å². The quantitative estimate of drug-likeness (QED) is 0.752. The van der Waals surface area contributed by atoms with E-state index in [9.17, 15) is 9.59 Å². The van der Waals surface area contributed by atoms with Crippen molar-refractivity contribution in [3.8, 4) is 0 Å². The summed E-state index contributed by atoms with van der Waals surface area (Å²) in [4.78, 5) is 29.8. The summed E-state index contributed by atoms with van der Waals surface area (Å²) in [5.41, 5.74) is 7.24. The molecule has 6 nitrogen and oxygen atoms in total. The molecule has 0 bridgehead atoms. The second kappa shape index (κ2) is 6.18. The number of nitrogens with one attached hydrogen (secondary N) is 1.